The number of fused-ring (bicyclic) bond motifs is 1. The van der Waals surface area contributed by atoms with Gasteiger partial charge in [0.15, 0.2) is 0 Å². The molecule has 1 aromatic carbocycles. The summed E-state index contributed by atoms with van der Waals surface area (Å²) in [5.74, 6) is 1.31. The molecule has 0 spiro atoms. The molecule has 0 aliphatic carbocycles. The van der Waals surface area contributed by atoms with Crippen LogP contribution in [0.1, 0.15) is 18.4 Å². The van der Waals surface area contributed by atoms with Gasteiger partial charge >= 0.3 is 0 Å². The molecule has 0 atom stereocenters. The van der Waals surface area contributed by atoms with Crippen LogP contribution in [0.25, 0.3) is 0 Å². The number of amides is 1. The molecule has 1 aliphatic rings. The topological polar surface area (TPSA) is 41.1 Å². The maximum Gasteiger partial charge on any atom is 0.224 e. The summed E-state index contributed by atoms with van der Waals surface area (Å²) in [7, 11) is 0. The number of anilines is 2. The van der Waals surface area contributed by atoms with Crippen molar-refractivity contribution in [3.05, 3.63) is 23.8 Å². The second-order valence-electron chi connectivity index (χ2n) is 4.19. The fourth-order valence-electron chi connectivity index (χ4n) is 1.94. The Morgan fingerprint density at radius 1 is 1.41 bits per heavy atom. The number of carbonyl (C=O) groups excluding carboxylic acids is 1. The van der Waals surface area contributed by atoms with Crippen molar-refractivity contribution in [2.45, 2.75) is 19.3 Å². The maximum atomic E-state index is 11.2. The highest BCUT2D eigenvalue weighted by atomic mass is 32.2. The summed E-state index contributed by atoms with van der Waals surface area (Å²) in [6.07, 6.45) is 4.75. The Labute approximate surface area is 106 Å². The molecule has 0 radical (unpaired) electrons. The second kappa shape index (κ2) is 5.96. The fraction of sp³-hybridized carbons (Fsp3) is 0.462. The number of carbonyl (C=O) groups is 1. The molecule has 17 heavy (non-hydrogen) atoms. The number of thioether (sulfide) groups is 1. The molecule has 92 valence electrons. The van der Waals surface area contributed by atoms with Gasteiger partial charge in [-0.3, -0.25) is 4.79 Å². The maximum absolute atomic E-state index is 11.2. The fourth-order valence-corrected chi connectivity index (χ4v) is 2.38. The van der Waals surface area contributed by atoms with Crippen molar-refractivity contribution in [3.8, 4) is 0 Å². The minimum Gasteiger partial charge on any atom is -0.385 e. The Morgan fingerprint density at radius 2 is 2.29 bits per heavy atom. The quantitative estimate of drug-likeness (QED) is 0.790. The van der Waals surface area contributed by atoms with Gasteiger partial charge < -0.3 is 10.6 Å². The number of hydrogen-bond acceptors (Lipinski definition) is 3. The minimum absolute atomic E-state index is 0.123. The molecule has 1 amide bonds. The van der Waals surface area contributed by atoms with E-state index in [1.165, 1.54) is 17.7 Å². The molecule has 3 nitrogen and oxygen atoms in total. The Kier molecular flexibility index (Phi) is 4.31. The van der Waals surface area contributed by atoms with Crippen molar-refractivity contribution in [2.75, 3.05) is 29.2 Å². The third kappa shape index (κ3) is 3.40. The Hall–Kier alpha value is -1.16. The Bertz CT molecular complexity index is 406. The zero-order valence-electron chi connectivity index (χ0n) is 10.1. The lowest BCUT2D eigenvalue weighted by molar-refractivity contribution is -0.116. The van der Waals surface area contributed by atoms with Crippen molar-refractivity contribution in [1.82, 2.24) is 0 Å². The van der Waals surface area contributed by atoms with E-state index >= 15 is 0 Å². The van der Waals surface area contributed by atoms with Gasteiger partial charge in [-0.1, -0.05) is 0 Å². The first-order valence-corrected chi connectivity index (χ1v) is 7.34. The number of hydrogen-bond donors (Lipinski definition) is 2. The first-order chi connectivity index (χ1) is 8.29. The lowest BCUT2D eigenvalue weighted by atomic mass is 10.0. The lowest BCUT2D eigenvalue weighted by Gasteiger charge is -2.18. The second-order valence-corrected chi connectivity index (χ2v) is 5.18. The van der Waals surface area contributed by atoms with E-state index in [1.807, 2.05) is 23.9 Å². The van der Waals surface area contributed by atoms with Crippen LogP contribution in [0.15, 0.2) is 18.2 Å². The van der Waals surface area contributed by atoms with Crippen LogP contribution in [-0.4, -0.2) is 24.5 Å². The van der Waals surface area contributed by atoms with Gasteiger partial charge in [0.1, 0.15) is 0 Å². The van der Waals surface area contributed by atoms with Gasteiger partial charge in [0.05, 0.1) is 0 Å². The van der Waals surface area contributed by atoms with Crippen LogP contribution >= 0.6 is 11.8 Å². The van der Waals surface area contributed by atoms with E-state index in [4.69, 9.17) is 0 Å². The van der Waals surface area contributed by atoms with E-state index in [1.54, 1.807) is 0 Å². The predicted molar refractivity (Wildman–Crippen MR) is 74.9 cm³/mol. The van der Waals surface area contributed by atoms with Crippen molar-refractivity contribution in [3.63, 3.8) is 0 Å². The summed E-state index contributed by atoms with van der Waals surface area (Å²) < 4.78 is 0. The van der Waals surface area contributed by atoms with Crippen LogP contribution in [0.5, 0.6) is 0 Å². The zero-order chi connectivity index (χ0) is 12.1. The standard InChI is InChI=1S/C13H18N2OS/c1-17-8-2-7-14-11-4-5-12-10(9-11)3-6-13(16)15-12/h4-5,9,14H,2-3,6-8H2,1H3,(H,15,16). The highest BCUT2D eigenvalue weighted by molar-refractivity contribution is 7.98. The molecule has 0 fully saturated rings. The van der Waals surface area contributed by atoms with Crippen molar-refractivity contribution in [1.29, 1.82) is 0 Å². The smallest absolute Gasteiger partial charge is 0.224 e. The average Bonchev–Trinajstić information content (AvgIpc) is 2.35. The number of aryl methyl sites for hydroxylation is 1. The summed E-state index contributed by atoms with van der Waals surface area (Å²) in [6, 6.07) is 6.17. The largest absolute Gasteiger partial charge is 0.385 e. The molecule has 4 heteroatoms. The normalized spacial score (nSPS) is 14.1. The molecule has 0 unspecified atom stereocenters. The van der Waals surface area contributed by atoms with Crippen LogP contribution < -0.4 is 10.6 Å². The van der Waals surface area contributed by atoms with E-state index in [0.29, 0.717) is 6.42 Å². The zero-order valence-corrected chi connectivity index (χ0v) is 10.9. The third-order valence-corrected chi connectivity index (χ3v) is 3.55. The number of benzene rings is 1. The van der Waals surface area contributed by atoms with Gasteiger partial charge in [-0.25, -0.2) is 0 Å². The van der Waals surface area contributed by atoms with Gasteiger partial charge in [0.2, 0.25) is 5.91 Å². The highest BCUT2D eigenvalue weighted by Crippen LogP contribution is 2.25. The summed E-state index contributed by atoms with van der Waals surface area (Å²) in [5, 5.41) is 6.31. The van der Waals surface area contributed by atoms with E-state index in [-0.39, 0.29) is 5.91 Å². The van der Waals surface area contributed by atoms with Gasteiger partial charge in [0.25, 0.3) is 0 Å². The molecular weight excluding hydrogens is 232 g/mol. The minimum atomic E-state index is 0.123. The predicted octanol–water partition coefficient (Wildman–Crippen LogP) is 2.74. The molecule has 0 bridgehead atoms. The van der Waals surface area contributed by atoms with E-state index < -0.39 is 0 Å². The van der Waals surface area contributed by atoms with Gasteiger partial charge in [-0.05, 0) is 48.6 Å². The molecule has 2 rings (SSSR count). The Balaban J connectivity index is 1.94. The first-order valence-electron chi connectivity index (χ1n) is 5.95. The van der Waals surface area contributed by atoms with Crippen LogP contribution in [-0.2, 0) is 11.2 Å². The Morgan fingerprint density at radius 3 is 3.12 bits per heavy atom. The number of nitrogens with one attached hydrogen (secondary N) is 2. The van der Waals surface area contributed by atoms with Crippen LogP contribution in [0, 0.1) is 0 Å². The van der Waals surface area contributed by atoms with Crippen LogP contribution in [0.3, 0.4) is 0 Å². The molecule has 1 aromatic rings. The monoisotopic (exact) mass is 250 g/mol. The van der Waals surface area contributed by atoms with E-state index in [9.17, 15) is 4.79 Å². The molecule has 0 saturated heterocycles. The summed E-state index contributed by atoms with van der Waals surface area (Å²) in [4.78, 5) is 11.2. The number of rotatable bonds is 5. The molecular formula is C13H18N2OS. The third-order valence-electron chi connectivity index (χ3n) is 2.86. The summed E-state index contributed by atoms with van der Waals surface area (Å²) in [5.41, 5.74) is 3.36. The highest BCUT2D eigenvalue weighted by Gasteiger charge is 2.14. The average molecular weight is 250 g/mol. The van der Waals surface area contributed by atoms with E-state index in [2.05, 4.69) is 23.0 Å². The van der Waals surface area contributed by atoms with Crippen LogP contribution in [0.2, 0.25) is 0 Å². The lowest BCUT2D eigenvalue weighted by Crippen LogP contribution is -2.19. The van der Waals surface area contributed by atoms with E-state index in [0.717, 1.165) is 24.3 Å². The van der Waals surface area contributed by atoms with Crippen molar-refractivity contribution >= 4 is 29.0 Å². The SMILES string of the molecule is CSCCCNc1ccc2c(c1)CCC(=O)N2. The van der Waals surface area contributed by atoms with Crippen LogP contribution in [0.4, 0.5) is 11.4 Å². The molecule has 1 heterocycles. The molecule has 0 saturated carbocycles. The molecule has 0 aromatic heterocycles. The summed E-state index contributed by atoms with van der Waals surface area (Å²) in [6.45, 7) is 1.01. The summed E-state index contributed by atoms with van der Waals surface area (Å²) >= 11 is 1.87. The van der Waals surface area contributed by atoms with Gasteiger partial charge in [-0.2, -0.15) is 11.8 Å². The first kappa shape index (κ1) is 12.3. The van der Waals surface area contributed by atoms with Crippen molar-refractivity contribution in [2.24, 2.45) is 0 Å². The molecule has 2 N–H and O–H groups in total. The van der Waals surface area contributed by atoms with Gasteiger partial charge in [0, 0.05) is 24.3 Å². The molecule has 1 aliphatic heterocycles. The van der Waals surface area contributed by atoms with Gasteiger partial charge in [-0.15, -0.1) is 0 Å². The van der Waals surface area contributed by atoms with Crippen molar-refractivity contribution < 1.29 is 4.79 Å².